The summed E-state index contributed by atoms with van der Waals surface area (Å²) < 4.78 is 5.25. The quantitative estimate of drug-likeness (QED) is 0.874. The summed E-state index contributed by atoms with van der Waals surface area (Å²) in [4.78, 5) is 12.0. The van der Waals surface area contributed by atoms with Crippen molar-refractivity contribution in [2.45, 2.75) is 6.04 Å². The third kappa shape index (κ3) is 1.56. The minimum atomic E-state index is -0.0798. The van der Waals surface area contributed by atoms with Gasteiger partial charge >= 0.3 is 0 Å². The molecule has 1 heterocycles. The summed E-state index contributed by atoms with van der Waals surface area (Å²) in [7, 11) is 1.58. The first-order chi connectivity index (χ1) is 8.81. The van der Waals surface area contributed by atoms with Crippen molar-refractivity contribution in [3.8, 4) is 5.75 Å². The van der Waals surface area contributed by atoms with Gasteiger partial charge in [0.2, 0.25) is 0 Å². The van der Waals surface area contributed by atoms with Crippen LogP contribution in [0.5, 0.6) is 5.75 Å². The number of fused-ring (bicyclic) bond motifs is 1. The lowest BCUT2D eigenvalue weighted by molar-refractivity contribution is 0.0958. The summed E-state index contributed by atoms with van der Waals surface area (Å²) in [5.74, 6) is 0.555. The van der Waals surface area contributed by atoms with E-state index in [1.807, 2.05) is 48.5 Å². The Bertz CT molecular complexity index is 593. The second-order valence-corrected chi connectivity index (χ2v) is 4.24. The van der Waals surface area contributed by atoms with E-state index in [1.165, 1.54) is 0 Å². The predicted octanol–water partition coefficient (Wildman–Crippen LogP) is 2.53. The molecule has 1 amide bonds. The number of carbonyl (C=O) groups is 1. The van der Waals surface area contributed by atoms with Crippen LogP contribution in [0.4, 0.5) is 0 Å². The molecule has 18 heavy (non-hydrogen) atoms. The van der Waals surface area contributed by atoms with Gasteiger partial charge in [0, 0.05) is 0 Å². The molecule has 2 aromatic carbocycles. The Labute approximate surface area is 105 Å². The number of carbonyl (C=O) groups excluding carboxylic acids is 1. The SMILES string of the molecule is COc1cccc2c1C(=O)NC2c1ccccc1. The van der Waals surface area contributed by atoms with E-state index in [0.29, 0.717) is 11.3 Å². The largest absolute Gasteiger partial charge is 0.496 e. The molecule has 3 rings (SSSR count). The maximum atomic E-state index is 12.0. The van der Waals surface area contributed by atoms with Crippen molar-refractivity contribution >= 4 is 5.91 Å². The zero-order valence-electron chi connectivity index (χ0n) is 10.0. The number of hydrogen-bond donors (Lipinski definition) is 1. The van der Waals surface area contributed by atoms with Crippen molar-refractivity contribution in [3.63, 3.8) is 0 Å². The molecule has 1 unspecified atom stereocenters. The number of nitrogens with one attached hydrogen (secondary N) is 1. The maximum absolute atomic E-state index is 12.0. The van der Waals surface area contributed by atoms with Gasteiger partial charge in [-0.25, -0.2) is 0 Å². The summed E-state index contributed by atoms with van der Waals surface area (Å²) in [6.07, 6.45) is 0. The van der Waals surface area contributed by atoms with E-state index in [9.17, 15) is 4.79 Å². The molecule has 1 aliphatic rings. The van der Waals surface area contributed by atoms with E-state index in [4.69, 9.17) is 4.74 Å². The lowest BCUT2D eigenvalue weighted by atomic mass is 9.98. The number of rotatable bonds is 2. The Morgan fingerprint density at radius 1 is 1.06 bits per heavy atom. The number of benzene rings is 2. The summed E-state index contributed by atoms with van der Waals surface area (Å²) in [5, 5.41) is 2.99. The second kappa shape index (κ2) is 4.18. The molecule has 0 fully saturated rings. The fourth-order valence-corrected chi connectivity index (χ4v) is 2.39. The summed E-state index contributed by atoms with van der Waals surface area (Å²) >= 11 is 0. The Balaban J connectivity index is 2.13. The highest BCUT2D eigenvalue weighted by Crippen LogP contribution is 2.35. The Morgan fingerprint density at radius 3 is 2.56 bits per heavy atom. The van der Waals surface area contributed by atoms with E-state index in [1.54, 1.807) is 7.11 Å². The molecule has 90 valence electrons. The lowest BCUT2D eigenvalue weighted by Gasteiger charge is -2.12. The smallest absolute Gasteiger partial charge is 0.256 e. The van der Waals surface area contributed by atoms with Crippen LogP contribution in [0, 0.1) is 0 Å². The molecular weight excluding hydrogens is 226 g/mol. The van der Waals surface area contributed by atoms with Crippen LogP contribution in [0.25, 0.3) is 0 Å². The van der Waals surface area contributed by atoms with Crippen molar-refractivity contribution < 1.29 is 9.53 Å². The fraction of sp³-hybridized carbons (Fsp3) is 0.133. The molecule has 3 nitrogen and oxygen atoms in total. The zero-order valence-corrected chi connectivity index (χ0v) is 10.0. The van der Waals surface area contributed by atoms with Crippen molar-refractivity contribution in [1.82, 2.24) is 5.32 Å². The number of hydrogen-bond acceptors (Lipinski definition) is 2. The average Bonchev–Trinajstić information content (AvgIpc) is 2.77. The number of methoxy groups -OCH3 is 1. The number of ether oxygens (including phenoxy) is 1. The van der Waals surface area contributed by atoms with Crippen LogP contribution in [0.1, 0.15) is 27.5 Å². The van der Waals surface area contributed by atoms with Crippen molar-refractivity contribution in [3.05, 3.63) is 65.2 Å². The molecule has 0 saturated carbocycles. The molecular formula is C15H13NO2. The Hall–Kier alpha value is -2.29. The molecule has 0 saturated heterocycles. The summed E-state index contributed by atoms with van der Waals surface area (Å²) in [6.45, 7) is 0. The second-order valence-electron chi connectivity index (χ2n) is 4.24. The average molecular weight is 239 g/mol. The van der Waals surface area contributed by atoms with E-state index in [0.717, 1.165) is 11.1 Å². The minimum absolute atomic E-state index is 0.0729. The first kappa shape index (κ1) is 10.8. The Kier molecular flexibility index (Phi) is 2.52. The first-order valence-corrected chi connectivity index (χ1v) is 5.84. The standard InChI is InChI=1S/C15H13NO2/c1-18-12-9-5-8-11-13(12)15(17)16-14(11)10-6-3-2-4-7-10/h2-9,14H,1H3,(H,16,17). The molecule has 1 aliphatic heterocycles. The predicted molar refractivity (Wildman–Crippen MR) is 68.7 cm³/mol. The van der Waals surface area contributed by atoms with Gasteiger partial charge in [-0.05, 0) is 17.2 Å². The van der Waals surface area contributed by atoms with Crippen LogP contribution in [0.3, 0.4) is 0 Å². The van der Waals surface area contributed by atoms with Gasteiger partial charge < -0.3 is 10.1 Å². The molecule has 0 radical (unpaired) electrons. The van der Waals surface area contributed by atoms with Gasteiger partial charge in [-0.1, -0.05) is 42.5 Å². The summed E-state index contributed by atoms with van der Waals surface area (Å²) in [5.41, 5.74) is 2.71. The van der Waals surface area contributed by atoms with Crippen LogP contribution in [0.2, 0.25) is 0 Å². The highest BCUT2D eigenvalue weighted by molar-refractivity contribution is 6.02. The van der Waals surface area contributed by atoms with Gasteiger partial charge in [0.1, 0.15) is 5.75 Å². The molecule has 0 aromatic heterocycles. The van der Waals surface area contributed by atoms with Gasteiger partial charge in [-0.3, -0.25) is 4.79 Å². The van der Waals surface area contributed by atoms with E-state index >= 15 is 0 Å². The van der Waals surface area contributed by atoms with E-state index in [-0.39, 0.29) is 11.9 Å². The molecule has 0 aliphatic carbocycles. The number of amides is 1. The van der Waals surface area contributed by atoms with Crippen LogP contribution in [0.15, 0.2) is 48.5 Å². The molecule has 0 bridgehead atoms. The zero-order chi connectivity index (χ0) is 12.5. The third-order valence-corrected chi connectivity index (χ3v) is 3.22. The van der Waals surface area contributed by atoms with Gasteiger partial charge in [-0.15, -0.1) is 0 Å². The van der Waals surface area contributed by atoms with E-state index in [2.05, 4.69) is 5.32 Å². The molecule has 3 heteroatoms. The van der Waals surface area contributed by atoms with Crippen LogP contribution in [-0.4, -0.2) is 13.0 Å². The van der Waals surface area contributed by atoms with Gasteiger partial charge in [0.15, 0.2) is 0 Å². The molecule has 1 atom stereocenters. The highest BCUT2D eigenvalue weighted by atomic mass is 16.5. The summed E-state index contributed by atoms with van der Waals surface area (Å²) in [6, 6.07) is 15.5. The fourth-order valence-electron chi connectivity index (χ4n) is 2.39. The lowest BCUT2D eigenvalue weighted by Crippen LogP contribution is -2.19. The highest BCUT2D eigenvalue weighted by Gasteiger charge is 2.32. The molecule has 1 N–H and O–H groups in total. The van der Waals surface area contributed by atoms with Gasteiger partial charge in [0.05, 0.1) is 18.7 Å². The normalized spacial score (nSPS) is 17.2. The van der Waals surface area contributed by atoms with Gasteiger partial charge in [0.25, 0.3) is 5.91 Å². The maximum Gasteiger partial charge on any atom is 0.256 e. The van der Waals surface area contributed by atoms with E-state index < -0.39 is 0 Å². The topological polar surface area (TPSA) is 38.3 Å². The first-order valence-electron chi connectivity index (χ1n) is 5.84. The van der Waals surface area contributed by atoms with Crippen molar-refractivity contribution in [1.29, 1.82) is 0 Å². The molecule has 2 aromatic rings. The Morgan fingerprint density at radius 2 is 1.83 bits per heavy atom. The van der Waals surface area contributed by atoms with Crippen molar-refractivity contribution in [2.75, 3.05) is 7.11 Å². The van der Waals surface area contributed by atoms with Crippen LogP contribution >= 0.6 is 0 Å². The monoisotopic (exact) mass is 239 g/mol. The van der Waals surface area contributed by atoms with Gasteiger partial charge in [-0.2, -0.15) is 0 Å². The van der Waals surface area contributed by atoms with Crippen LogP contribution < -0.4 is 10.1 Å². The third-order valence-electron chi connectivity index (χ3n) is 3.22. The van der Waals surface area contributed by atoms with Crippen molar-refractivity contribution in [2.24, 2.45) is 0 Å². The van der Waals surface area contributed by atoms with Crippen LogP contribution in [-0.2, 0) is 0 Å². The minimum Gasteiger partial charge on any atom is -0.496 e. The molecule has 0 spiro atoms.